The van der Waals surface area contributed by atoms with Crippen LogP contribution < -0.4 is 5.32 Å². The molecule has 5 heteroatoms. The zero-order valence-corrected chi connectivity index (χ0v) is 13.3. The third-order valence-corrected chi connectivity index (χ3v) is 3.99. The van der Waals surface area contributed by atoms with Crippen molar-refractivity contribution in [3.63, 3.8) is 0 Å². The molecule has 1 fully saturated rings. The molecular formula is C16H23N3O2. The van der Waals surface area contributed by atoms with E-state index in [2.05, 4.69) is 10.3 Å². The van der Waals surface area contributed by atoms with Gasteiger partial charge in [-0.05, 0) is 38.3 Å². The van der Waals surface area contributed by atoms with Crippen molar-refractivity contribution in [3.8, 4) is 0 Å². The largest absolute Gasteiger partial charge is 0.340 e. The highest BCUT2D eigenvalue weighted by Gasteiger charge is 2.48. The van der Waals surface area contributed by atoms with Gasteiger partial charge in [-0.2, -0.15) is 0 Å². The molecule has 1 aliphatic heterocycles. The van der Waals surface area contributed by atoms with Gasteiger partial charge in [0, 0.05) is 12.4 Å². The number of carbonyl (C=O) groups is 2. The molecule has 0 bridgehead atoms. The van der Waals surface area contributed by atoms with E-state index in [-0.39, 0.29) is 23.8 Å². The van der Waals surface area contributed by atoms with Crippen molar-refractivity contribution in [2.45, 2.75) is 52.2 Å². The molecule has 5 nitrogen and oxygen atoms in total. The highest BCUT2D eigenvalue weighted by Crippen LogP contribution is 2.31. The van der Waals surface area contributed by atoms with E-state index in [0.29, 0.717) is 0 Å². The second kappa shape index (κ2) is 5.47. The van der Waals surface area contributed by atoms with Crippen LogP contribution in [0.3, 0.4) is 0 Å². The van der Waals surface area contributed by atoms with E-state index in [0.717, 1.165) is 5.56 Å². The number of hydrogen-bond donors (Lipinski definition) is 1. The molecule has 2 amide bonds. The number of carbonyl (C=O) groups excluding carboxylic acids is 2. The summed E-state index contributed by atoms with van der Waals surface area (Å²) in [5.74, 6) is -0.105. The van der Waals surface area contributed by atoms with Gasteiger partial charge in [0.2, 0.25) is 11.8 Å². The van der Waals surface area contributed by atoms with Crippen molar-refractivity contribution in [2.24, 2.45) is 5.92 Å². The third-order valence-electron chi connectivity index (χ3n) is 3.99. The highest BCUT2D eigenvalue weighted by molar-refractivity contribution is 5.99. The van der Waals surface area contributed by atoms with Gasteiger partial charge >= 0.3 is 0 Å². The predicted octanol–water partition coefficient (Wildman–Crippen LogP) is 1.90. The van der Waals surface area contributed by atoms with Crippen molar-refractivity contribution >= 4 is 11.8 Å². The molecule has 1 aliphatic rings. The molecule has 0 aliphatic carbocycles. The van der Waals surface area contributed by atoms with Crippen LogP contribution in [-0.2, 0) is 9.59 Å². The number of aromatic nitrogens is 1. The van der Waals surface area contributed by atoms with Crippen LogP contribution in [0.4, 0.5) is 0 Å². The molecule has 1 aromatic heterocycles. The van der Waals surface area contributed by atoms with E-state index < -0.39 is 11.6 Å². The number of pyridine rings is 1. The Morgan fingerprint density at radius 1 is 1.29 bits per heavy atom. The quantitative estimate of drug-likeness (QED) is 0.924. The minimum Gasteiger partial charge on any atom is -0.340 e. The summed E-state index contributed by atoms with van der Waals surface area (Å²) in [6.45, 7) is 9.34. The summed E-state index contributed by atoms with van der Waals surface area (Å²) in [7, 11) is 0. The first kappa shape index (κ1) is 15.5. The number of piperazine rings is 1. The van der Waals surface area contributed by atoms with Crippen LogP contribution in [0.1, 0.15) is 46.2 Å². The van der Waals surface area contributed by atoms with Gasteiger partial charge in [0.1, 0.15) is 11.6 Å². The van der Waals surface area contributed by atoms with E-state index in [1.54, 1.807) is 31.1 Å². The molecule has 0 spiro atoms. The Bertz CT molecular complexity index is 540. The predicted molar refractivity (Wildman–Crippen MR) is 80.3 cm³/mol. The average molecular weight is 289 g/mol. The monoisotopic (exact) mass is 289 g/mol. The van der Waals surface area contributed by atoms with Crippen LogP contribution >= 0.6 is 0 Å². The second-order valence-corrected chi connectivity index (χ2v) is 6.48. The fraction of sp³-hybridized carbons (Fsp3) is 0.562. The van der Waals surface area contributed by atoms with Crippen LogP contribution in [-0.4, -0.2) is 33.3 Å². The standard InChI is InChI=1S/C16H23N3O2/c1-10(2)13-14(20)18-16(4,5)15(21)19(13)11(3)12-7-6-8-17-9-12/h6-11,13H,1-5H3,(H,18,20). The summed E-state index contributed by atoms with van der Waals surface area (Å²) in [6, 6.07) is 3.13. The summed E-state index contributed by atoms with van der Waals surface area (Å²) < 4.78 is 0. The number of amides is 2. The van der Waals surface area contributed by atoms with Crippen molar-refractivity contribution in [1.29, 1.82) is 0 Å². The Hall–Kier alpha value is -1.91. The molecule has 21 heavy (non-hydrogen) atoms. The summed E-state index contributed by atoms with van der Waals surface area (Å²) in [4.78, 5) is 31.1. The van der Waals surface area contributed by atoms with Crippen molar-refractivity contribution in [2.75, 3.05) is 0 Å². The van der Waals surface area contributed by atoms with Gasteiger partial charge in [-0.1, -0.05) is 19.9 Å². The first-order chi connectivity index (χ1) is 9.75. The topological polar surface area (TPSA) is 62.3 Å². The fourth-order valence-corrected chi connectivity index (χ4v) is 2.84. The van der Waals surface area contributed by atoms with Crippen LogP contribution in [0.15, 0.2) is 24.5 Å². The lowest BCUT2D eigenvalue weighted by Crippen LogP contribution is -2.69. The molecular weight excluding hydrogens is 266 g/mol. The molecule has 0 saturated carbocycles. The van der Waals surface area contributed by atoms with Crippen LogP contribution in [0.5, 0.6) is 0 Å². The number of rotatable bonds is 3. The van der Waals surface area contributed by atoms with Crippen molar-refractivity contribution in [1.82, 2.24) is 15.2 Å². The Morgan fingerprint density at radius 3 is 2.48 bits per heavy atom. The summed E-state index contributed by atoms with van der Waals surface area (Å²) in [5.41, 5.74) is 0.0564. The third kappa shape index (κ3) is 2.77. The van der Waals surface area contributed by atoms with Gasteiger partial charge in [-0.25, -0.2) is 0 Å². The lowest BCUT2D eigenvalue weighted by molar-refractivity contribution is -0.158. The SMILES string of the molecule is CC(C)C1C(=O)NC(C)(C)C(=O)N1C(C)c1cccnc1. The summed E-state index contributed by atoms with van der Waals surface area (Å²) in [6.07, 6.45) is 3.44. The highest BCUT2D eigenvalue weighted by atomic mass is 16.2. The van der Waals surface area contributed by atoms with Crippen LogP contribution in [0.2, 0.25) is 0 Å². The lowest BCUT2D eigenvalue weighted by atomic mass is 9.89. The van der Waals surface area contributed by atoms with E-state index in [4.69, 9.17) is 0 Å². The van der Waals surface area contributed by atoms with E-state index in [1.807, 2.05) is 32.9 Å². The first-order valence-electron chi connectivity index (χ1n) is 7.30. The molecule has 2 heterocycles. The molecule has 2 unspecified atom stereocenters. The maximum atomic E-state index is 12.8. The molecule has 2 rings (SSSR count). The molecule has 2 atom stereocenters. The van der Waals surface area contributed by atoms with Crippen LogP contribution in [0, 0.1) is 5.92 Å². The maximum absolute atomic E-state index is 12.8. The van der Waals surface area contributed by atoms with Crippen molar-refractivity contribution < 1.29 is 9.59 Å². The van der Waals surface area contributed by atoms with Gasteiger partial charge in [0.05, 0.1) is 6.04 Å². The van der Waals surface area contributed by atoms with Gasteiger partial charge in [-0.15, -0.1) is 0 Å². The molecule has 0 radical (unpaired) electrons. The second-order valence-electron chi connectivity index (χ2n) is 6.48. The zero-order valence-electron chi connectivity index (χ0n) is 13.3. The molecule has 1 saturated heterocycles. The number of nitrogens with zero attached hydrogens (tertiary/aromatic N) is 2. The molecule has 1 N–H and O–H groups in total. The Balaban J connectivity index is 2.44. The maximum Gasteiger partial charge on any atom is 0.248 e. The van der Waals surface area contributed by atoms with Gasteiger partial charge < -0.3 is 10.2 Å². The summed E-state index contributed by atoms with van der Waals surface area (Å²) >= 11 is 0. The van der Waals surface area contributed by atoms with Gasteiger partial charge in [-0.3, -0.25) is 14.6 Å². The lowest BCUT2D eigenvalue weighted by Gasteiger charge is -2.47. The Kier molecular flexibility index (Phi) is 4.03. The fourth-order valence-electron chi connectivity index (χ4n) is 2.84. The van der Waals surface area contributed by atoms with Gasteiger partial charge in [0.15, 0.2) is 0 Å². The van der Waals surface area contributed by atoms with Crippen LogP contribution in [0.25, 0.3) is 0 Å². The molecule has 1 aromatic rings. The molecule has 0 aromatic carbocycles. The van der Waals surface area contributed by atoms with Gasteiger partial charge in [0.25, 0.3) is 0 Å². The van der Waals surface area contributed by atoms with E-state index >= 15 is 0 Å². The minimum atomic E-state index is -0.876. The minimum absolute atomic E-state index is 0.0455. The first-order valence-corrected chi connectivity index (χ1v) is 7.30. The zero-order chi connectivity index (χ0) is 15.8. The van der Waals surface area contributed by atoms with E-state index in [9.17, 15) is 9.59 Å². The summed E-state index contributed by atoms with van der Waals surface area (Å²) in [5, 5.41) is 2.83. The van der Waals surface area contributed by atoms with Crippen molar-refractivity contribution in [3.05, 3.63) is 30.1 Å². The van der Waals surface area contributed by atoms with E-state index in [1.165, 1.54) is 0 Å². The number of hydrogen-bond acceptors (Lipinski definition) is 3. The Morgan fingerprint density at radius 2 is 1.95 bits per heavy atom. The Labute approximate surface area is 125 Å². The average Bonchev–Trinajstić information content (AvgIpc) is 2.41. The number of nitrogens with one attached hydrogen (secondary N) is 1. The smallest absolute Gasteiger partial charge is 0.248 e. The normalized spacial score (nSPS) is 23.1. The molecule has 114 valence electrons.